The summed E-state index contributed by atoms with van der Waals surface area (Å²) in [5.41, 5.74) is 1.59. The summed E-state index contributed by atoms with van der Waals surface area (Å²) in [6.45, 7) is 0. The molecule has 6 heteroatoms. The first-order chi connectivity index (χ1) is 9.70. The van der Waals surface area contributed by atoms with Crippen molar-refractivity contribution in [1.29, 1.82) is 0 Å². The number of pyridine rings is 1. The molecule has 3 rings (SSSR count). The van der Waals surface area contributed by atoms with Crippen LogP contribution in [0.5, 0.6) is 0 Å². The van der Waals surface area contributed by atoms with Crippen LogP contribution in [-0.4, -0.2) is 33.6 Å². The molecule has 0 radical (unpaired) electrons. The normalized spacial score (nSPS) is 13.8. The Bertz CT molecular complexity index is 739. The van der Waals surface area contributed by atoms with Crippen LogP contribution in [0.2, 0.25) is 0 Å². The van der Waals surface area contributed by atoms with Gasteiger partial charge in [0.1, 0.15) is 12.0 Å². The number of methoxy groups -OCH3 is 1. The second kappa shape index (κ2) is 4.65. The molecule has 0 spiro atoms. The fraction of sp³-hybridized carbons (Fsp3) is 0.0714. The Hall–Kier alpha value is -2.89. The lowest BCUT2D eigenvalue weighted by Crippen LogP contribution is -2.19. The molecule has 0 atom stereocenters. The Labute approximate surface area is 114 Å². The Kier molecular flexibility index (Phi) is 2.83. The highest BCUT2D eigenvalue weighted by Crippen LogP contribution is 2.23. The molecule has 2 aromatic heterocycles. The molecule has 1 aliphatic carbocycles. The van der Waals surface area contributed by atoms with Crippen LogP contribution in [0.15, 0.2) is 42.7 Å². The first kappa shape index (κ1) is 12.2. The summed E-state index contributed by atoms with van der Waals surface area (Å²) < 4.78 is 4.89. The van der Waals surface area contributed by atoms with E-state index in [1.807, 2.05) is 0 Å². The number of nitrogens with zero attached hydrogens (tertiary/aromatic N) is 3. The number of allylic oxidation sites excluding steroid dienone is 2. The van der Waals surface area contributed by atoms with Crippen molar-refractivity contribution in [2.75, 3.05) is 7.11 Å². The predicted octanol–water partition coefficient (Wildman–Crippen LogP) is 1.45. The van der Waals surface area contributed by atoms with E-state index in [0.717, 1.165) is 6.08 Å². The molecule has 0 N–H and O–H groups in total. The molecule has 1 aliphatic rings. The van der Waals surface area contributed by atoms with Crippen molar-refractivity contribution in [3.63, 3.8) is 0 Å². The molecule has 0 bridgehead atoms. The van der Waals surface area contributed by atoms with Crippen LogP contribution in [0.25, 0.3) is 11.3 Å². The Balaban J connectivity index is 2.12. The molecule has 0 unspecified atom stereocenters. The highest BCUT2D eigenvalue weighted by Gasteiger charge is 2.28. The van der Waals surface area contributed by atoms with Gasteiger partial charge in [-0.05, 0) is 12.1 Å². The van der Waals surface area contributed by atoms with E-state index in [-0.39, 0.29) is 28.6 Å². The van der Waals surface area contributed by atoms with Crippen molar-refractivity contribution in [1.82, 2.24) is 15.0 Å². The predicted molar refractivity (Wildman–Crippen MR) is 69.0 cm³/mol. The number of ketones is 2. The third-order valence-corrected chi connectivity index (χ3v) is 2.94. The molecule has 6 nitrogen and oxygen atoms in total. The zero-order valence-electron chi connectivity index (χ0n) is 10.5. The Morgan fingerprint density at radius 2 is 1.85 bits per heavy atom. The van der Waals surface area contributed by atoms with Gasteiger partial charge in [0, 0.05) is 24.0 Å². The molecule has 2 aromatic rings. The average Bonchev–Trinajstić information content (AvgIpc) is 2.51. The highest BCUT2D eigenvalue weighted by atomic mass is 16.5. The van der Waals surface area contributed by atoms with Gasteiger partial charge in [-0.2, -0.15) is 0 Å². The van der Waals surface area contributed by atoms with E-state index in [0.29, 0.717) is 11.3 Å². The van der Waals surface area contributed by atoms with Gasteiger partial charge >= 0.3 is 0 Å². The number of fused-ring (bicyclic) bond motifs is 1. The molecular weight excluding hydrogens is 258 g/mol. The Morgan fingerprint density at radius 1 is 1.10 bits per heavy atom. The van der Waals surface area contributed by atoms with Gasteiger partial charge in [0.15, 0.2) is 5.76 Å². The van der Waals surface area contributed by atoms with Gasteiger partial charge in [-0.25, -0.2) is 15.0 Å². The quantitative estimate of drug-likeness (QED) is 0.819. The van der Waals surface area contributed by atoms with Gasteiger partial charge in [0.05, 0.1) is 18.4 Å². The minimum absolute atomic E-state index is 0.0279. The fourth-order valence-corrected chi connectivity index (χ4v) is 1.96. The van der Waals surface area contributed by atoms with Crippen molar-refractivity contribution >= 4 is 11.6 Å². The number of hydrogen-bond donors (Lipinski definition) is 0. The second-order valence-electron chi connectivity index (χ2n) is 4.13. The topological polar surface area (TPSA) is 82.0 Å². The molecule has 20 heavy (non-hydrogen) atoms. The number of ether oxygens (including phenoxy) is 1. The molecule has 0 amide bonds. The van der Waals surface area contributed by atoms with Crippen LogP contribution in [0.3, 0.4) is 0 Å². The van der Waals surface area contributed by atoms with E-state index >= 15 is 0 Å². The van der Waals surface area contributed by atoms with Crippen molar-refractivity contribution in [3.05, 3.63) is 53.9 Å². The van der Waals surface area contributed by atoms with Gasteiger partial charge in [-0.3, -0.25) is 9.59 Å². The molecule has 0 saturated heterocycles. The van der Waals surface area contributed by atoms with Crippen LogP contribution < -0.4 is 0 Å². The third-order valence-electron chi connectivity index (χ3n) is 2.94. The van der Waals surface area contributed by atoms with E-state index in [2.05, 4.69) is 15.0 Å². The number of hydrogen-bond acceptors (Lipinski definition) is 6. The number of rotatable bonds is 2. The smallest absolute Gasteiger partial charge is 0.229 e. The maximum absolute atomic E-state index is 12.0. The Morgan fingerprint density at radius 3 is 2.55 bits per heavy atom. The summed E-state index contributed by atoms with van der Waals surface area (Å²) in [7, 11) is 1.35. The first-order valence-corrected chi connectivity index (χ1v) is 5.82. The monoisotopic (exact) mass is 267 g/mol. The summed E-state index contributed by atoms with van der Waals surface area (Å²) in [5.74, 6) is -0.666. The summed E-state index contributed by atoms with van der Waals surface area (Å²) in [6, 6.07) is 3.22. The average molecular weight is 267 g/mol. The second-order valence-corrected chi connectivity index (χ2v) is 4.13. The lowest BCUT2D eigenvalue weighted by atomic mass is 9.97. The lowest BCUT2D eigenvalue weighted by Gasteiger charge is -2.14. The fourth-order valence-electron chi connectivity index (χ4n) is 1.96. The highest BCUT2D eigenvalue weighted by molar-refractivity contribution is 6.23. The molecule has 98 valence electrons. The number of aromatic nitrogens is 3. The third kappa shape index (κ3) is 1.87. The van der Waals surface area contributed by atoms with Gasteiger partial charge in [0.2, 0.25) is 11.6 Å². The van der Waals surface area contributed by atoms with Crippen molar-refractivity contribution in [2.45, 2.75) is 0 Å². The van der Waals surface area contributed by atoms with Crippen LogP contribution in [0.4, 0.5) is 0 Å². The molecule has 0 aliphatic heterocycles. The molecule has 2 heterocycles. The SMILES string of the molecule is COC1=CC(=O)c2nc(-c3cncnc3)ccc2C1=O. The maximum atomic E-state index is 12.0. The van der Waals surface area contributed by atoms with Crippen LogP contribution in [0, 0.1) is 0 Å². The standard InChI is InChI=1S/C14H9N3O3/c1-20-12-4-11(18)13-9(14(12)19)2-3-10(17-13)8-5-15-7-16-6-8/h2-7H,1H3. The number of carbonyl (C=O) groups is 2. The van der Waals surface area contributed by atoms with E-state index in [1.165, 1.54) is 13.4 Å². The minimum Gasteiger partial charge on any atom is -0.492 e. The van der Waals surface area contributed by atoms with Crippen LogP contribution >= 0.6 is 0 Å². The number of Topliss-reactive ketones (excluding diaryl/α,β-unsaturated/α-hetero) is 1. The zero-order valence-corrected chi connectivity index (χ0v) is 10.5. The van der Waals surface area contributed by atoms with Crippen LogP contribution in [0.1, 0.15) is 20.8 Å². The summed E-state index contributed by atoms with van der Waals surface area (Å²) in [4.78, 5) is 36.0. The van der Waals surface area contributed by atoms with Gasteiger partial charge < -0.3 is 4.74 Å². The van der Waals surface area contributed by atoms with Crippen molar-refractivity contribution in [2.24, 2.45) is 0 Å². The zero-order chi connectivity index (χ0) is 14.1. The van der Waals surface area contributed by atoms with E-state index in [1.54, 1.807) is 24.5 Å². The minimum atomic E-state index is -0.352. The van der Waals surface area contributed by atoms with Gasteiger partial charge in [-0.1, -0.05) is 0 Å². The van der Waals surface area contributed by atoms with Crippen molar-refractivity contribution in [3.8, 4) is 11.3 Å². The lowest BCUT2D eigenvalue weighted by molar-refractivity contribution is 0.0914. The first-order valence-electron chi connectivity index (χ1n) is 5.82. The largest absolute Gasteiger partial charge is 0.492 e. The van der Waals surface area contributed by atoms with E-state index in [4.69, 9.17) is 4.74 Å². The summed E-state index contributed by atoms with van der Waals surface area (Å²) in [5, 5.41) is 0. The summed E-state index contributed by atoms with van der Waals surface area (Å²) >= 11 is 0. The molecule has 0 saturated carbocycles. The molecule has 0 aromatic carbocycles. The van der Waals surface area contributed by atoms with Crippen molar-refractivity contribution < 1.29 is 14.3 Å². The van der Waals surface area contributed by atoms with Gasteiger partial charge in [-0.15, -0.1) is 0 Å². The molecular formula is C14H9N3O3. The van der Waals surface area contributed by atoms with E-state index in [9.17, 15) is 9.59 Å². The van der Waals surface area contributed by atoms with Gasteiger partial charge in [0.25, 0.3) is 0 Å². The van der Waals surface area contributed by atoms with Crippen LogP contribution in [-0.2, 0) is 4.74 Å². The summed E-state index contributed by atoms with van der Waals surface area (Å²) in [6.07, 6.45) is 5.74. The maximum Gasteiger partial charge on any atom is 0.229 e. The number of carbonyl (C=O) groups excluding carboxylic acids is 2. The molecule has 0 fully saturated rings. The van der Waals surface area contributed by atoms with E-state index < -0.39 is 0 Å².